The van der Waals surface area contributed by atoms with Crippen molar-refractivity contribution < 1.29 is 19.4 Å². The van der Waals surface area contributed by atoms with Crippen molar-refractivity contribution in [2.45, 2.75) is 20.8 Å². The third-order valence-corrected chi connectivity index (χ3v) is 3.36. The summed E-state index contributed by atoms with van der Waals surface area (Å²) >= 11 is 0. The van der Waals surface area contributed by atoms with Gasteiger partial charge in [0.15, 0.2) is 6.61 Å². The molecule has 0 atom stereocenters. The molecular formula is C18H19NO4. The number of carbonyl (C=O) groups excluding carboxylic acids is 2. The van der Waals surface area contributed by atoms with Gasteiger partial charge >= 0.3 is 5.97 Å². The summed E-state index contributed by atoms with van der Waals surface area (Å²) in [5.74, 6) is -1.34. The van der Waals surface area contributed by atoms with Gasteiger partial charge in [0.05, 0.1) is 0 Å². The molecule has 2 N–H and O–H groups in total. The van der Waals surface area contributed by atoms with Crippen LogP contribution in [-0.2, 0) is 9.53 Å². The number of phenolic OH excluding ortho intramolecular Hbond substituents is 1. The molecule has 0 fully saturated rings. The van der Waals surface area contributed by atoms with Gasteiger partial charge in [0.25, 0.3) is 5.91 Å². The highest BCUT2D eigenvalue weighted by molar-refractivity contribution is 5.97. The molecule has 5 heteroatoms. The minimum Gasteiger partial charge on any atom is -0.507 e. The molecule has 5 nitrogen and oxygen atoms in total. The van der Waals surface area contributed by atoms with Crippen LogP contribution in [0.5, 0.6) is 5.75 Å². The Hall–Kier alpha value is -2.82. The van der Waals surface area contributed by atoms with Crippen LogP contribution in [0.2, 0.25) is 0 Å². The first kappa shape index (κ1) is 16.5. The number of benzene rings is 2. The highest BCUT2D eigenvalue weighted by Gasteiger charge is 2.15. The summed E-state index contributed by atoms with van der Waals surface area (Å²) < 4.78 is 4.95. The zero-order chi connectivity index (χ0) is 17.0. The lowest BCUT2D eigenvalue weighted by Crippen LogP contribution is -2.21. The molecule has 0 radical (unpaired) electrons. The van der Waals surface area contributed by atoms with E-state index in [0.717, 1.165) is 16.7 Å². The summed E-state index contributed by atoms with van der Waals surface area (Å²) in [5.41, 5.74) is 3.57. The molecule has 0 aliphatic carbocycles. The van der Waals surface area contributed by atoms with Crippen LogP contribution in [0.3, 0.4) is 0 Å². The van der Waals surface area contributed by atoms with Crippen molar-refractivity contribution in [3.8, 4) is 5.75 Å². The van der Waals surface area contributed by atoms with Gasteiger partial charge in [0.1, 0.15) is 11.3 Å². The number of esters is 1. The number of carbonyl (C=O) groups is 2. The van der Waals surface area contributed by atoms with Gasteiger partial charge in [-0.2, -0.15) is 0 Å². The van der Waals surface area contributed by atoms with Crippen LogP contribution in [0.25, 0.3) is 0 Å². The van der Waals surface area contributed by atoms with Crippen LogP contribution in [0.15, 0.2) is 36.4 Å². The Bertz CT molecular complexity index is 753. The molecule has 0 heterocycles. The van der Waals surface area contributed by atoms with E-state index in [9.17, 15) is 14.7 Å². The quantitative estimate of drug-likeness (QED) is 0.850. The molecule has 120 valence electrons. The van der Waals surface area contributed by atoms with Crippen LogP contribution in [0.4, 0.5) is 5.69 Å². The fourth-order valence-corrected chi connectivity index (χ4v) is 2.16. The predicted octanol–water partition coefficient (Wildman–Crippen LogP) is 3.11. The third-order valence-electron chi connectivity index (χ3n) is 3.36. The van der Waals surface area contributed by atoms with Crippen LogP contribution in [0, 0.1) is 20.8 Å². The number of hydrogen-bond donors (Lipinski definition) is 2. The Morgan fingerprint density at radius 1 is 1.04 bits per heavy atom. The molecule has 0 aromatic heterocycles. The second-order valence-electron chi connectivity index (χ2n) is 5.46. The van der Waals surface area contributed by atoms with E-state index in [1.165, 1.54) is 12.1 Å². The van der Waals surface area contributed by atoms with E-state index in [4.69, 9.17) is 4.74 Å². The van der Waals surface area contributed by atoms with Crippen LogP contribution < -0.4 is 5.32 Å². The Morgan fingerprint density at radius 3 is 2.39 bits per heavy atom. The van der Waals surface area contributed by atoms with Gasteiger partial charge in [-0.05, 0) is 44.5 Å². The van der Waals surface area contributed by atoms with Gasteiger partial charge in [-0.3, -0.25) is 4.79 Å². The fraction of sp³-hybridized carbons (Fsp3) is 0.222. The van der Waals surface area contributed by atoms with Gasteiger partial charge in [0, 0.05) is 5.69 Å². The minimum atomic E-state index is -0.734. The lowest BCUT2D eigenvalue weighted by molar-refractivity contribution is -0.119. The van der Waals surface area contributed by atoms with Crippen molar-refractivity contribution >= 4 is 17.6 Å². The number of phenols is 1. The van der Waals surface area contributed by atoms with Crippen LogP contribution in [0.1, 0.15) is 27.0 Å². The number of nitrogens with one attached hydrogen (secondary N) is 1. The number of anilines is 1. The molecule has 0 spiro atoms. The Morgan fingerprint density at radius 2 is 1.70 bits per heavy atom. The lowest BCUT2D eigenvalue weighted by Gasteiger charge is -2.10. The standard InChI is InChI=1S/C18H19NO4/c1-11-4-6-15(13(3)8-11)19-17(21)10-23-18(22)14-9-12(2)5-7-16(14)20/h4-9,20H,10H2,1-3H3,(H,19,21). The van der Waals surface area contributed by atoms with E-state index in [1.807, 2.05) is 26.0 Å². The maximum atomic E-state index is 11.9. The number of rotatable bonds is 4. The zero-order valence-corrected chi connectivity index (χ0v) is 13.3. The highest BCUT2D eigenvalue weighted by atomic mass is 16.5. The molecule has 1 amide bonds. The Labute approximate surface area is 134 Å². The number of ether oxygens (including phenoxy) is 1. The normalized spacial score (nSPS) is 10.2. The Kier molecular flexibility index (Phi) is 5.01. The number of aryl methyl sites for hydroxylation is 3. The summed E-state index contributed by atoms with van der Waals surface area (Å²) in [5, 5.41) is 12.4. The fourth-order valence-electron chi connectivity index (χ4n) is 2.16. The summed E-state index contributed by atoms with van der Waals surface area (Å²) in [6.07, 6.45) is 0. The van der Waals surface area contributed by atoms with E-state index in [1.54, 1.807) is 19.1 Å². The first-order valence-electron chi connectivity index (χ1n) is 7.20. The monoisotopic (exact) mass is 313 g/mol. The second kappa shape index (κ2) is 6.96. The maximum absolute atomic E-state index is 11.9. The lowest BCUT2D eigenvalue weighted by atomic mass is 10.1. The molecule has 2 aromatic carbocycles. The molecule has 0 unspecified atom stereocenters. The van der Waals surface area contributed by atoms with Crippen molar-refractivity contribution in [2.75, 3.05) is 11.9 Å². The summed E-state index contributed by atoms with van der Waals surface area (Å²) in [7, 11) is 0. The zero-order valence-electron chi connectivity index (χ0n) is 13.3. The minimum absolute atomic E-state index is 0.0457. The average Bonchev–Trinajstić information content (AvgIpc) is 2.50. The number of aromatic hydroxyl groups is 1. The molecule has 0 bridgehead atoms. The van der Waals surface area contributed by atoms with Crippen molar-refractivity contribution in [2.24, 2.45) is 0 Å². The van der Waals surface area contributed by atoms with Gasteiger partial charge in [-0.25, -0.2) is 4.79 Å². The molecule has 0 aliphatic heterocycles. The maximum Gasteiger partial charge on any atom is 0.342 e. The van der Waals surface area contributed by atoms with Crippen molar-refractivity contribution in [3.05, 3.63) is 58.7 Å². The summed E-state index contributed by atoms with van der Waals surface area (Å²) in [6, 6.07) is 10.3. The first-order valence-corrected chi connectivity index (χ1v) is 7.20. The van der Waals surface area contributed by atoms with Crippen molar-refractivity contribution in [1.82, 2.24) is 0 Å². The summed E-state index contributed by atoms with van der Waals surface area (Å²) in [6.45, 7) is 5.23. The van der Waals surface area contributed by atoms with Crippen LogP contribution >= 0.6 is 0 Å². The largest absolute Gasteiger partial charge is 0.507 e. The second-order valence-corrected chi connectivity index (χ2v) is 5.46. The average molecular weight is 313 g/mol. The van der Waals surface area contributed by atoms with E-state index in [2.05, 4.69) is 5.32 Å². The van der Waals surface area contributed by atoms with E-state index >= 15 is 0 Å². The number of amides is 1. The van der Waals surface area contributed by atoms with Gasteiger partial charge in [-0.1, -0.05) is 29.3 Å². The smallest absolute Gasteiger partial charge is 0.342 e. The molecule has 0 saturated carbocycles. The van der Waals surface area contributed by atoms with Crippen molar-refractivity contribution in [3.63, 3.8) is 0 Å². The van der Waals surface area contributed by atoms with Gasteiger partial charge in [-0.15, -0.1) is 0 Å². The van der Waals surface area contributed by atoms with E-state index in [-0.39, 0.29) is 11.3 Å². The third kappa shape index (κ3) is 4.32. The molecular weight excluding hydrogens is 294 g/mol. The topological polar surface area (TPSA) is 75.6 Å². The number of hydrogen-bond acceptors (Lipinski definition) is 4. The molecule has 0 saturated heterocycles. The Balaban J connectivity index is 1.96. The highest BCUT2D eigenvalue weighted by Crippen LogP contribution is 2.19. The van der Waals surface area contributed by atoms with Crippen molar-refractivity contribution in [1.29, 1.82) is 0 Å². The molecule has 2 aromatic rings. The van der Waals surface area contributed by atoms with E-state index in [0.29, 0.717) is 5.69 Å². The van der Waals surface area contributed by atoms with Gasteiger partial charge in [0.2, 0.25) is 0 Å². The van der Waals surface area contributed by atoms with Gasteiger partial charge < -0.3 is 15.2 Å². The SMILES string of the molecule is Cc1ccc(NC(=O)COC(=O)c2cc(C)ccc2O)c(C)c1. The van der Waals surface area contributed by atoms with E-state index < -0.39 is 18.5 Å². The first-order chi connectivity index (χ1) is 10.9. The van der Waals surface area contributed by atoms with Crippen LogP contribution in [-0.4, -0.2) is 23.6 Å². The predicted molar refractivity (Wildman–Crippen MR) is 87.7 cm³/mol. The summed E-state index contributed by atoms with van der Waals surface area (Å²) in [4.78, 5) is 23.8. The molecule has 23 heavy (non-hydrogen) atoms. The molecule has 2 rings (SSSR count). The molecule has 0 aliphatic rings.